The van der Waals surface area contributed by atoms with E-state index >= 15 is 0 Å². The number of hydrogen-bond acceptors (Lipinski definition) is 3. The van der Waals surface area contributed by atoms with Crippen LogP contribution in [0.3, 0.4) is 0 Å². The van der Waals surface area contributed by atoms with Gasteiger partial charge in [-0.25, -0.2) is 5.43 Å². The zero-order chi connectivity index (χ0) is 16.3. The van der Waals surface area contributed by atoms with Gasteiger partial charge in [0.15, 0.2) is 0 Å². The molecular formula is C15H11Cl3N2O2. The summed E-state index contributed by atoms with van der Waals surface area (Å²) in [6.07, 6.45) is 0. The van der Waals surface area contributed by atoms with Gasteiger partial charge in [-0.1, -0.05) is 40.9 Å². The minimum absolute atomic E-state index is 0.0400. The molecule has 0 aliphatic rings. The normalized spacial score (nSPS) is 11.4. The molecule has 0 bridgehead atoms. The first kappa shape index (κ1) is 16.6. The van der Waals surface area contributed by atoms with Gasteiger partial charge >= 0.3 is 0 Å². The number of aromatic hydroxyl groups is 1. The highest BCUT2D eigenvalue weighted by Gasteiger charge is 2.11. The van der Waals surface area contributed by atoms with Crippen molar-refractivity contribution in [2.24, 2.45) is 5.10 Å². The van der Waals surface area contributed by atoms with Crippen molar-refractivity contribution in [3.05, 3.63) is 62.6 Å². The fraction of sp³-hybridized carbons (Fsp3) is 0.0667. The molecule has 0 aliphatic heterocycles. The van der Waals surface area contributed by atoms with Crippen molar-refractivity contribution in [1.29, 1.82) is 0 Å². The number of phenolic OH excluding ortho intramolecular Hbond substituents is 1. The Kier molecular flexibility index (Phi) is 5.29. The smallest absolute Gasteiger partial charge is 0.275 e. The van der Waals surface area contributed by atoms with Crippen molar-refractivity contribution in [2.75, 3.05) is 0 Å². The van der Waals surface area contributed by atoms with Gasteiger partial charge in [0.05, 0.1) is 21.3 Å². The lowest BCUT2D eigenvalue weighted by Crippen LogP contribution is -2.19. The molecule has 2 N–H and O–H groups in total. The summed E-state index contributed by atoms with van der Waals surface area (Å²) in [5, 5.41) is 14.8. The summed E-state index contributed by atoms with van der Waals surface area (Å²) < 4.78 is 0. The third-order valence-electron chi connectivity index (χ3n) is 2.87. The number of carbonyl (C=O) groups excluding carboxylic acids is 1. The van der Waals surface area contributed by atoms with Gasteiger partial charge in [0.25, 0.3) is 5.91 Å². The van der Waals surface area contributed by atoms with Gasteiger partial charge in [-0.15, -0.1) is 0 Å². The lowest BCUT2D eigenvalue weighted by Gasteiger charge is -2.06. The van der Waals surface area contributed by atoms with Crippen LogP contribution in [0.1, 0.15) is 22.8 Å². The zero-order valence-electron chi connectivity index (χ0n) is 11.4. The van der Waals surface area contributed by atoms with Crippen molar-refractivity contribution >= 4 is 46.4 Å². The summed E-state index contributed by atoms with van der Waals surface area (Å²) in [6.45, 7) is 1.71. The predicted octanol–water partition coefficient (Wildman–Crippen LogP) is 4.51. The van der Waals surface area contributed by atoms with Crippen LogP contribution in [-0.4, -0.2) is 16.7 Å². The first-order valence-electron chi connectivity index (χ1n) is 6.17. The van der Waals surface area contributed by atoms with Gasteiger partial charge in [0.1, 0.15) is 5.75 Å². The Morgan fingerprint density at radius 1 is 1.09 bits per heavy atom. The van der Waals surface area contributed by atoms with Gasteiger partial charge in [0.2, 0.25) is 0 Å². The Labute approximate surface area is 142 Å². The molecule has 4 nitrogen and oxygen atoms in total. The molecule has 0 spiro atoms. The van der Waals surface area contributed by atoms with Crippen molar-refractivity contribution in [3.8, 4) is 5.75 Å². The van der Waals surface area contributed by atoms with E-state index in [0.717, 1.165) is 0 Å². The fourth-order valence-corrected chi connectivity index (χ4v) is 2.14. The van der Waals surface area contributed by atoms with Crippen molar-refractivity contribution in [3.63, 3.8) is 0 Å². The average Bonchev–Trinajstić information content (AvgIpc) is 2.49. The monoisotopic (exact) mass is 356 g/mol. The number of hydrogen-bond donors (Lipinski definition) is 2. The molecule has 0 fully saturated rings. The van der Waals surface area contributed by atoms with Crippen LogP contribution in [-0.2, 0) is 0 Å². The number of nitrogens with one attached hydrogen (secondary N) is 1. The van der Waals surface area contributed by atoms with Gasteiger partial charge < -0.3 is 5.11 Å². The van der Waals surface area contributed by atoms with E-state index in [1.54, 1.807) is 25.1 Å². The first-order chi connectivity index (χ1) is 10.4. The number of amides is 1. The maximum atomic E-state index is 12.0. The van der Waals surface area contributed by atoms with Crippen LogP contribution in [0.4, 0.5) is 0 Å². The average molecular weight is 358 g/mol. The van der Waals surface area contributed by atoms with Gasteiger partial charge in [-0.3, -0.25) is 4.79 Å². The molecule has 114 valence electrons. The first-order valence-corrected chi connectivity index (χ1v) is 7.30. The summed E-state index contributed by atoms with van der Waals surface area (Å²) in [4.78, 5) is 12.0. The molecule has 2 rings (SSSR count). The van der Waals surface area contributed by atoms with Crippen LogP contribution < -0.4 is 5.43 Å². The van der Waals surface area contributed by atoms with Crippen molar-refractivity contribution in [1.82, 2.24) is 5.43 Å². The lowest BCUT2D eigenvalue weighted by atomic mass is 10.1. The Bertz CT molecular complexity index is 760. The highest BCUT2D eigenvalue weighted by Crippen LogP contribution is 2.23. The summed E-state index contributed by atoms with van der Waals surface area (Å²) in [5.41, 5.74) is 3.64. The fourth-order valence-electron chi connectivity index (χ4n) is 1.67. The highest BCUT2D eigenvalue weighted by atomic mass is 35.5. The van der Waals surface area contributed by atoms with Crippen LogP contribution in [0.15, 0.2) is 41.5 Å². The standard InChI is InChI=1S/C15H11Cl3N2O2/c1-8(9-2-4-12(17)13(18)6-9)19-20-15(22)11-7-10(16)3-5-14(11)21/h2-7,21H,1H3,(H,20,22)/b19-8+. The molecule has 0 aromatic heterocycles. The van der Waals surface area contributed by atoms with Crippen LogP contribution in [0.5, 0.6) is 5.75 Å². The molecule has 0 saturated heterocycles. The summed E-state index contributed by atoms with van der Waals surface area (Å²) >= 11 is 17.6. The van der Waals surface area contributed by atoms with Gasteiger partial charge in [-0.2, -0.15) is 5.10 Å². The molecule has 2 aromatic carbocycles. The summed E-state index contributed by atoms with van der Waals surface area (Å²) in [6, 6.07) is 9.20. The molecule has 2 aromatic rings. The van der Waals surface area contributed by atoms with Crippen LogP contribution in [0, 0.1) is 0 Å². The molecule has 0 atom stereocenters. The Morgan fingerprint density at radius 2 is 1.82 bits per heavy atom. The van der Waals surface area contributed by atoms with E-state index in [1.807, 2.05) is 0 Å². The molecule has 0 aliphatic carbocycles. The van der Waals surface area contributed by atoms with E-state index in [1.165, 1.54) is 18.2 Å². The number of nitrogens with zero attached hydrogens (tertiary/aromatic N) is 1. The maximum Gasteiger partial charge on any atom is 0.275 e. The zero-order valence-corrected chi connectivity index (χ0v) is 13.7. The Hall–Kier alpha value is -1.75. The third kappa shape index (κ3) is 3.91. The number of carbonyl (C=O) groups is 1. The summed E-state index contributed by atoms with van der Waals surface area (Å²) in [5.74, 6) is -0.747. The number of phenols is 1. The third-order valence-corrected chi connectivity index (χ3v) is 3.84. The molecule has 22 heavy (non-hydrogen) atoms. The van der Waals surface area contributed by atoms with Gasteiger partial charge in [-0.05, 0) is 42.8 Å². The van der Waals surface area contributed by atoms with E-state index in [4.69, 9.17) is 34.8 Å². The second-order valence-corrected chi connectivity index (χ2v) is 5.68. The molecule has 0 heterocycles. The highest BCUT2D eigenvalue weighted by molar-refractivity contribution is 6.42. The van der Waals surface area contributed by atoms with Crippen LogP contribution in [0.25, 0.3) is 0 Å². The topological polar surface area (TPSA) is 61.7 Å². The molecule has 1 amide bonds. The van der Waals surface area contributed by atoms with E-state index in [9.17, 15) is 9.90 Å². The molecule has 0 radical (unpaired) electrons. The maximum absolute atomic E-state index is 12.0. The molecule has 7 heteroatoms. The number of halogens is 3. The van der Waals surface area contributed by atoms with E-state index < -0.39 is 5.91 Å². The minimum atomic E-state index is -0.570. The quantitative estimate of drug-likeness (QED) is 0.627. The number of hydrazone groups is 1. The van der Waals surface area contributed by atoms with Crippen molar-refractivity contribution in [2.45, 2.75) is 6.92 Å². The molecule has 0 unspecified atom stereocenters. The lowest BCUT2D eigenvalue weighted by molar-refractivity contribution is 0.0952. The largest absolute Gasteiger partial charge is 0.507 e. The van der Waals surface area contributed by atoms with Gasteiger partial charge in [0, 0.05) is 5.02 Å². The molecular weight excluding hydrogens is 347 g/mol. The Morgan fingerprint density at radius 3 is 2.50 bits per heavy atom. The van der Waals surface area contributed by atoms with Crippen molar-refractivity contribution < 1.29 is 9.90 Å². The second-order valence-electron chi connectivity index (χ2n) is 4.43. The Balaban J connectivity index is 2.18. The van der Waals surface area contributed by atoms with E-state index in [0.29, 0.717) is 26.3 Å². The summed E-state index contributed by atoms with van der Waals surface area (Å²) in [7, 11) is 0. The van der Waals surface area contributed by atoms with E-state index in [2.05, 4.69) is 10.5 Å². The second kappa shape index (κ2) is 7.01. The SMILES string of the molecule is C/C(=N\NC(=O)c1cc(Cl)ccc1O)c1ccc(Cl)c(Cl)c1. The predicted molar refractivity (Wildman–Crippen MR) is 89.3 cm³/mol. The van der Waals surface area contributed by atoms with Crippen LogP contribution >= 0.6 is 34.8 Å². The van der Waals surface area contributed by atoms with E-state index in [-0.39, 0.29) is 11.3 Å². The molecule has 0 saturated carbocycles. The van der Waals surface area contributed by atoms with Crippen LogP contribution in [0.2, 0.25) is 15.1 Å². The number of benzene rings is 2. The minimum Gasteiger partial charge on any atom is -0.507 e. The number of rotatable bonds is 3.